The molecule has 14 rings (SSSR count). The van der Waals surface area contributed by atoms with Crippen molar-refractivity contribution in [2.45, 2.75) is 0 Å². The predicted octanol–water partition coefficient (Wildman–Crippen LogP) is 15.9. The summed E-state index contributed by atoms with van der Waals surface area (Å²) in [5, 5.41) is 4.69. The summed E-state index contributed by atoms with van der Waals surface area (Å²) in [6, 6.07) is 88.4. The zero-order chi connectivity index (χ0) is 49.0. The van der Waals surface area contributed by atoms with Crippen molar-refractivity contribution in [3.8, 4) is 90.8 Å². The van der Waals surface area contributed by atoms with E-state index < -0.39 is 0 Å². The molecule has 8 nitrogen and oxygen atoms in total. The van der Waals surface area contributed by atoms with Gasteiger partial charge in [0.05, 0.1) is 22.1 Å². The SMILES string of the molecule is c1ccc(-c2nc(-c3ccccc3)nc(-c3cccc(-n4c5ccccc5c5cc(-c6ccc7c(c6)c6ccccc6n7-c6cccc(-c7nc(-c8ccccc8)nc(-c8ccccc8)n7)c6)ccc54)c3)n2)cc1. The van der Waals surface area contributed by atoms with Gasteiger partial charge in [-0.25, -0.2) is 29.9 Å². The van der Waals surface area contributed by atoms with Gasteiger partial charge in [-0.1, -0.05) is 194 Å². The summed E-state index contributed by atoms with van der Waals surface area (Å²) in [4.78, 5) is 30.1. The summed E-state index contributed by atoms with van der Waals surface area (Å²) in [5.74, 6) is 3.76. The van der Waals surface area contributed by atoms with E-state index in [1.165, 1.54) is 21.5 Å². The molecule has 0 fully saturated rings. The van der Waals surface area contributed by atoms with Gasteiger partial charge in [0.15, 0.2) is 34.9 Å². The molecule has 0 aliphatic rings. The summed E-state index contributed by atoms with van der Waals surface area (Å²) in [6.07, 6.45) is 0. The number of benzene rings is 10. The Balaban J connectivity index is 0.856. The predicted molar refractivity (Wildman–Crippen MR) is 300 cm³/mol. The molecule has 0 atom stereocenters. The minimum absolute atomic E-state index is 0.615. The largest absolute Gasteiger partial charge is 0.309 e. The first-order valence-electron chi connectivity index (χ1n) is 24.7. The number of hydrogen-bond acceptors (Lipinski definition) is 6. The highest BCUT2D eigenvalue weighted by Gasteiger charge is 2.19. The molecule has 74 heavy (non-hydrogen) atoms. The van der Waals surface area contributed by atoms with Crippen LogP contribution in [0.2, 0.25) is 0 Å². The van der Waals surface area contributed by atoms with Gasteiger partial charge in [-0.3, -0.25) is 0 Å². The average Bonchev–Trinajstić information content (AvgIpc) is 4.02. The topological polar surface area (TPSA) is 87.2 Å². The van der Waals surface area contributed by atoms with Gasteiger partial charge in [0.2, 0.25) is 0 Å². The Morgan fingerprint density at radius 3 is 0.824 bits per heavy atom. The van der Waals surface area contributed by atoms with Crippen molar-refractivity contribution < 1.29 is 0 Å². The Bertz CT molecular complexity index is 4010. The van der Waals surface area contributed by atoms with E-state index in [4.69, 9.17) is 29.9 Å². The van der Waals surface area contributed by atoms with Crippen LogP contribution in [0.4, 0.5) is 0 Å². The maximum Gasteiger partial charge on any atom is 0.164 e. The molecule has 0 saturated carbocycles. The highest BCUT2D eigenvalue weighted by atomic mass is 15.0. The number of hydrogen-bond donors (Lipinski definition) is 0. The molecule has 346 valence electrons. The summed E-state index contributed by atoms with van der Waals surface area (Å²) >= 11 is 0. The first kappa shape index (κ1) is 42.7. The van der Waals surface area contributed by atoms with Crippen LogP contribution in [0.15, 0.2) is 255 Å². The van der Waals surface area contributed by atoms with Crippen molar-refractivity contribution >= 4 is 43.6 Å². The van der Waals surface area contributed by atoms with Crippen LogP contribution in [0.1, 0.15) is 0 Å². The lowest BCUT2D eigenvalue weighted by Gasteiger charge is -2.12. The van der Waals surface area contributed by atoms with Gasteiger partial charge in [-0.2, -0.15) is 0 Å². The fourth-order valence-electron chi connectivity index (χ4n) is 10.3. The molecular weight excluding hydrogens is 905 g/mol. The molecule has 0 radical (unpaired) electrons. The maximum absolute atomic E-state index is 5.05. The van der Waals surface area contributed by atoms with E-state index >= 15 is 0 Å². The van der Waals surface area contributed by atoms with Gasteiger partial charge < -0.3 is 9.13 Å². The standard InChI is InChI=1S/C66H42N8/c1-5-19-43(20-6-1)61-67-62(44-21-7-2-8-22-44)70-65(69-61)49-27-17-29-51(39-49)73-57-33-15-13-31-53(57)55-41-47(35-37-59(55)73)48-36-38-60-56(42-48)54-32-14-16-34-58(54)74(60)52-30-18-28-50(40-52)66-71-63(45-23-9-3-10-24-45)68-64(72-66)46-25-11-4-12-26-46/h1-42H. The fraction of sp³-hybridized carbons (Fsp3) is 0. The van der Waals surface area contributed by atoms with Crippen molar-refractivity contribution in [3.05, 3.63) is 255 Å². The lowest BCUT2D eigenvalue weighted by molar-refractivity contribution is 1.07. The van der Waals surface area contributed by atoms with Crippen molar-refractivity contribution in [2.24, 2.45) is 0 Å². The van der Waals surface area contributed by atoms with Crippen LogP contribution in [-0.4, -0.2) is 39.0 Å². The smallest absolute Gasteiger partial charge is 0.164 e. The first-order valence-corrected chi connectivity index (χ1v) is 24.7. The molecule has 0 bridgehead atoms. The molecule has 0 N–H and O–H groups in total. The lowest BCUT2D eigenvalue weighted by atomic mass is 10.0. The molecule has 0 amide bonds. The van der Waals surface area contributed by atoms with Crippen LogP contribution in [-0.2, 0) is 0 Å². The number of fused-ring (bicyclic) bond motifs is 6. The van der Waals surface area contributed by atoms with Crippen LogP contribution < -0.4 is 0 Å². The van der Waals surface area contributed by atoms with Crippen LogP contribution >= 0.6 is 0 Å². The van der Waals surface area contributed by atoms with Gasteiger partial charge in [0.25, 0.3) is 0 Å². The first-order chi connectivity index (χ1) is 36.7. The van der Waals surface area contributed by atoms with Crippen molar-refractivity contribution in [1.29, 1.82) is 0 Å². The summed E-state index contributed by atoms with van der Waals surface area (Å²) < 4.78 is 4.70. The van der Waals surface area contributed by atoms with E-state index in [0.29, 0.717) is 34.9 Å². The molecule has 0 saturated heterocycles. The van der Waals surface area contributed by atoms with Gasteiger partial charge in [-0.05, 0) is 71.8 Å². The molecule has 8 heteroatoms. The second kappa shape index (κ2) is 17.9. The lowest BCUT2D eigenvalue weighted by Crippen LogP contribution is -2.01. The molecule has 10 aromatic carbocycles. The van der Waals surface area contributed by atoms with Gasteiger partial charge >= 0.3 is 0 Å². The Morgan fingerprint density at radius 2 is 0.473 bits per heavy atom. The fourth-order valence-corrected chi connectivity index (χ4v) is 10.3. The molecule has 4 heterocycles. The summed E-state index contributed by atoms with van der Waals surface area (Å²) in [6.45, 7) is 0. The number of rotatable bonds is 9. The Labute approximate surface area is 426 Å². The van der Waals surface area contributed by atoms with E-state index in [2.05, 4.69) is 143 Å². The molecule has 0 spiro atoms. The zero-order valence-corrected chi connectivity index (χ0v) is 39.8. The second-order valence-corrected chi connectivity index (χ2v) is 18.3. The van der Waals surface area contributed by atoms with Gasteiger partial charge in [-0.15, -0.1) is 0 Å². The van der Waals surface area contributed by atoms with Gasteiger partial charge in [0, 0.05) is 66.3 Å². The normalized spacial score (nSPS) is 11.5. The Hall–Kier alpha value is -10.2. The van der Waals surface area contributed by atoms with E-state index in [-0.39, 0.29) is 0 Å². The quantitative estimate of drug-likeness (QED) is 0.143. The summed E-state index contributed by atoms with van der Waals surface area (Å²) in [7, 11) is 0. The molecule has 0 aliphatic heterocycles. The Kier molecular flexibility index (Phi) is 10.3. The van der Waals surface area contributed by atoms with Crippen LogP contribution in [0.5, 0.6) is 0 Å². The monoisotopic (exact) mass is 946 g/mol. The van der Waals surface area contributed by atoms with Gasteiger partial charge in [0.1, 0.15) is 0 Å². The highest BCUT2D eigenvalue weighted by molar-refractivity contribution is 6.12. The number of nitrogens with zero attached hydrogens (tertiary/aromatic N) is 8. The minimum Gasteiger partial charge on any atom is -0.309 e. The molecule has 14 aromatic rings. The zero-order valence-electron chi connectivity index (χ0n) is 39.8. The minimum atomic E-state index is 0.615. The third-order valence-corrected chi connectivity index (χ3v) is 13.8. The van der Waals surface area contributed by atoms with E-state index in [1.807, 2.05) is 121 Å². The average molecular weight is 947 g/mol. The van der Waals surface area contributed by atoms with Crippen molar-refractivity contribution in [2.75, 3.05) is 0 Å². The van der Waals surface area contributed by atoms with Crippen LogP contribution in [0.25, 0.3) is 134 Å². The number of aromatic nitrogens is 8. The Morgan fingerprint density at radius 1 is 0.189 bits per heavy atom. The number of para-hydroxylation sites is 2. The third kappa shape index (κ3) is 7.57. The van der Waals surface area contributed by atoms with Crippen LogP contribution in [0.3, 0.4) is 0 Å². The molecule has 0 aliphatic carbocycles. The molecular formula is C66H42N8. The third-order valence-electron chi connectivity index (χ3n) is 13.8. The molecule has 4 aromatic heterocycles. The van der Waals surface area contributed by atoms with E-state index in [0.717, 1.165) is 77.9 Å². The molecule has 0 unspecified atom stereocenters. The van der Waals surface area contributed by atoms with E-state index in [1.54, 1.807) is 0 Å². The summed E-state index contributed by atoms with van der Waals surface area (Å²) in [5.41, 5.74) is 14.3. The van der Waals surface area contributed by atoms with Crippen molar-refractivity contribution in [3.63, 3.8) is 0 Å². The second-order valence-electron chi connectivity index (χ2n) is 18.3. The van der Waals surface area contributed by atoms with Crippen molar-refractivity contribution in [1.82, 2.24) is 39.0 Å². The maximum atomic E-state index is 5.05. The van der Waals surface area contributed by atoms with Crippen LogP contribution in [0, 0.1) is 0 Å². The highest BCUT2D eigenvalue weighted by Crippen LogP contribution is 2.39. The van der Waals surface area contributed by atoms with E-state index in [9.17, 15) is 0 Å².